The van der Waals surface area contributed by atoms with Crippen molar-refractivity contribution in [2.24, 2.45) is 0 Å². The van der Waals surface area contributed by atoms with E-state index in [4.69, 9.17) is 23.8 Å². The van der Waals surface area contributed by atoms with Gasteiger partial charge in [-0.1, -0.05) is 39.7 Å². The first-order chi connectivity index (χ1) is 9.95. The van der Waals surface area contributed by atoms with E-state index < -0.39 is 0 Å². The number of carbonyl (C=O) groups is 1. The molecule has 0 bridgehead atoms. The fourth-order valence-corrected chi connectivity index (χ4v) is 2.43. The molecule has 0 spiro atoms. The summed E-state index contributed by atoms with van der Waals surface area (Å²) in [7, 11) is 0. The van der Waals surface area contributed by atoms with Gasteiger partial charge in [-0.2, -0.15) is 0 Å². The highest BCUT2D eigenvalue weighted by Crippen LogP contribution is 2.19. The molecule has 0 aliphatic rings. The lowest BCUT2D eigenvalue weighted by Crippen LogP contribution is -2.34. The summed E-state index contributed by atoms with van der Waals surface area (Å²) in [6.07, 6.45) is 0. The van der Waals surface area contributed by atoms with Crippen molar-refractivity contribution in [1.82, 2.24) is 5.32 Å². The third-order valence-corrected chi connectivity index (χ3v) is 3.85. The molecule has 6 heteroatoms. The lowest BCUT2D eigenvalue weighted by Gasteiger charge is -2.10. The molecular formula is C15H12BrClN2OS. The second-order valence-corrected chi connectivity index (χ2v) is 6.11. The van der Waals surface area contributed by atoms with E-state index in [0.717, 1.165) is 15.7 Å². The topological polar surface area (TPSA) is 41.1 Å². The Hall–Kier alpha value is -1.43. The molecule has 0 heterocycles. The summed E-state index contributed by atoms with van der Waals surface area (Å²) < 4.78 is 0.833. The van der Waals surface area contributed by atoms with Crippen LogP contribution in [0.15, 0.2) is 46.9 Å². The molecule has 1 amide bonds. The van der Waals surface area contributed by atoms with Gasteiger partial charge in [0.05, 0.1) is 0 Å². The zero-order valence-electron chi connectivity index (χ0n) is 11.1. The number of amides is 1. The number of anilines is 1. The van der Waals surface area contributed by atoms with Crippen LogP contribution in [0.5, 0.6) is 0 Å². The second-order valence-electron chi connectivity index (χ2n) is 4.38. The van der Waals surface area contributed by atoms with Crippen LogP contribution < -0.4 is 10.6 Å². The number of aryl methyl sites for hydroxylation is 1. The number of nitrogens with one attached hydrogen (secondary N) is 2. The van der Waals surface area contributed by atoms with Crippen molar-refractivity contribution in [3.8, 4) is 0 Å². The second kappa shape index (κ2) is 7.02. The average Bonchev–Trinajstić information content (AvgIpc) is 2.43. The quantitative estimate of drug-likeness (QED) is 0.748. The minimum Gasteiger partial charge on any atom is -0.332 e. The average molecular weight is 384 g/mol. The van der Waals surface area contributed by atoms with Crippen molar-refractivity contribution in [3.63, 3.8) is 0 Å². The maximum absolute atomic E-state index is 12.0. The van der Waals surface area contributed by atoms with Crippen LogP contribution in [-0.2, 0) is 0 Å². The normalized spacial score (nSPS) is 10.0. The zero-order chi connectivity index (χ0) is 15.4. The number of thiocarbonyl (C=S) groups is 1. The van der Waals surface area contributed by atoms with Crippen molar-refractivity contribution in [2.45, 2.75) is 6.92 Å². The molecule has 108 valence electrons. The number of rotatable bonds is 2. The maximum atomic E-state index is 12.0. The number of hydrogen-bond donors (Lipinski definition) is 2. The third-order valence-electron chi connectivity index (χ3n) is 2.74. The van der Waals surface area contributed by atoms with Crippen molar-refractivity contribution in [3.05, 3.63) is 63.1 Å². The molecule has 0 aliphatic carbocycles. The van der Waals surface area contributed by atoms with Gasteiger partial charge >= 0.3 is 0 Å². The van der Waals surface area contributed by atoms with E-state index in [9.17, 15) is 4.79 Å². The fourth-order valence-electron chi connectivity index (χ4n) is 1.64. The molecular weight excluding hydrogens is 372 g/mol. The Morgan fingerprint density at radius 3 is 2.67 bits per heavy atom. The molecule has 0 unspecified atom stereocenters. The van der Waals surface area contributed by atoms with E-state index >= 15 is 0 Å². The number of benzene rings is 2. The van der Waals surface area contributed by atoms with Crippen LogP contribution in [0.2, 0.25) is 5.02 Å². The van der Waals surface area contributed by atoms with Crippen molar-refractivity contribution in [2.75, 3.05) is 5.32 Å². The molecule has 2 aromatic rings. The predicted molar refractivity (Wildman–Crippen MR) is 94.0 cm³/mol. The summed E-state index contributed by atoms with van der Waals surface area (Å²) in [6, 6.07) is 12.6. The molecule has 0 atom stereocenters. The molecule has 0 fully saturated rings. The van der Waals surface area contributed by atoms with Gasteiger partial charge in [0.2, 0.25) is 0 Å². The Labute approximate surface area is 141 Å². The van der Waals surface area contributed by atoms with Gasteiger partial charge in [-0.25, -0.2) is 0 Å². The van der Waals surface area contributed by atoms with Gasteiger partial charge in [0.25, 0.3) is 5.91 Å². The monoisotopic (exact) mass is 382 g/mol. The number of halogens is 2. The fraction of sp³-hybridized carbons (Fsp3) is 0.0667. The summed E-state index contributed by atoms with van der Waals surface area (Å²) >= 11 is 14.5. The van der Waals surface area contributed by atoms with Crippen LogP contribution in [-0.4, -0.2) is 11.0 Å². The molecule has 2 rings (SSSR count). The van der Waals surface area contributed by atoms with Gasteiger partial charge < -0.3 is 5.32 Å². The summed E-state index contributed by atoms with van der Waals surface area (Å²) in [6.45, 7) is 1.92. The summed E-state index contributed by atoms with van der Waals surface area (Å²) in [5.41, 5.74) is 2.23. The molecule has 0 aromatic heterocycles. The van der Waals surface area contributed by atoms with Crippen molar-refractivity contribution in [1.29, 1.82) is 0 Å². The minimum absolute atomic E-state index is 0.222. The standard InChI is InChI=1S/C15H12BrClN2OS/c1-9-5-6-12(8-13(9)17)18-15(21)19-14(20)10-3-2-4-11(16)7-10/h2-8H,1H3,(H2,18,19,20,21). The van der Waals surface area contributed by atoms with Gasteiger partial charge in [-0.15, -0.1) is 0 Å². The van der Waals surface area contributed by atoms with Crippen LogP contribution in [0.3, 0.4) is 0 Å². The Balaban J connectivity index is 2.01. The Bertz CT molecular complexity index is 706. The summed E-state index contributed by atoms with van der Waals surface area (Å²) in [5, 5.41) is 6.41. The molecule has 3 nitrogen and oxygen atoms in total. The largest absolute Gasteiger partial charge is 0.332 e. The molecule has 2 aromatic carbocycles. The summed E-state index contributed by atoms with van der Waals surface area (Å²) in [4.78, 5) is 12.0. The van der Waals surface area contributed by atoms with Crippen LogP contribution in [0.4, 0.5) is 5.69 Å². The summed E-state index contributed by atoms with van der Waals surface area (Å²) in [5.74, 6) is -0.271. The Morgan fingerprint density at radius 2 is 2.00 bits per heavy atom. The Morgan fingerprint density at radius 1 is 1.24 bits per heavy atom. The van der Waals surface area contributed by atoms with Gasteiger partial charge in [0.15, 0.2) is 5.11 Å². The molecule has 21 heavy (non-hydrogen) atoms. The van der Waals surface area contributed by atoms with E-state index in [1.807, 2.05) is 25.1 Å². The maximum Gasteiger partial charge on any atom is 0.257 e. The van der Waals surface area contributed by atoms with Crippen molar-refractivity contribution >= 4 is 56.5 Å². The molecule has 0 radical (unpaired) electrons. The van der Waals surface area contributed by atoms with Crippen LogP contribution in [0.25, 0.3) is 0 Å². The van der Waals surface area contributed by atoms with Gasteiger partial charge in [0, 0.05) is 20.7 Å². The van der Waals surface area contributed by atoms with E-state index in [1.54, 1.807) is 24.3 Å². The van der Waals surface area contributed by atoms with Crippen LogP contribution in [0.1, 0.15) is 15.9 Å². The van der Waals surface area contributed by atoms with E-state index in [2.05, 4.69) is 26.6 Å². The van der Waals surface area contributed by atoms with Crippen LogP contribution >= 0.6 is 39.7 Å². The highest BCUT2D eigenvalue weighted by atomic mass is 79.9. The van der Waals surface area contributed by atoms with E-state index in [1.165, 1.54) is 0 Å². The lowest BCUT2D eigenvalue weighted by atomic mass is 10.2. The first-order valence-corrected chi connectivity index (χ1v) is 7.67. The minimum atomic E-state index is -0.271. The van der Waals surface area contributed by atoms with E-state index in [-0.39, 0.29) is 11.0 Å². The first-order valence-electron chi connectivity index (χ1n) is 6.10. The molecule has 0 saturated heterocycles. The molecule has 2 N–H and O–H groups in total. The number of hydrogen-bond acceptors (Lipinski definition) is 2. The predicted octanol–water partition coefficient (Wildman–Crippen LogP) is 4.54. The highest BCUT2D eigenvalue weighted by Gasteiger charge is 2.08. The van der Waals surface area contributed by atoms with Gasteiger partial charge in [-0.3, -0.25) is 10.1 Å². The molecule has 0 saturated carbocycles. The van der Waals surface area contributed by atoms with Gasteiger partial charge in [-0.05, 0) is 55.0 Å². The molecule has 0 aliphatic heterocycles. The Kier molecular flexibility index (Phi) is 5.33. The SMILES string of the molecule is Cc1ccc(NC(=S)NC(=O)c2cccc(Br)c2)cc1Cl. The van der Waals surface area contributed by atoms with E-state index in [0.29, 0.717) is 10.6 Å². The third kappa shape index (κ3) is 4.52. The first kappa shape index (κ1) is 15.9. The zero-order valence-corrected chi connectivity index (χ0v) is 14.3. The lowest BCUT2D eigenvalue weighted by molar-refractivity contribution is 0.0977. The number of carbonyl (C=O) groups excluding carboxylic acids is 1. The highest BCUT2D eigenvalue weighted by molar-refractivity contribution is 9.10. The van der Waals surface area contributed by atoms with Crippen LogP contribution in [0, 0.1) is 6.92 Å². The van der Waals surface area contributed by atoms with Crippen molar-refractivity contribution < 1.29 is 4.79 Å². The van der Waals surface area contributed by atoms with Gasteiger partial charge in [0.1, 0.15) is 0 Å². The smallest absolute Gasteiger partial charge is 0.257 e.